The van der Waals surface area contributed by atoms with Gasteiger partial charge >= 0.3 is 0 Å². The van der Waals surface area contributed by atoms with Crippen molar-refractivity contribution < 1.29 is 9.53 Å². The molecule has 1 heterocycles. The first-order valence-corrected chi connectivity index (χ1v) is 9.62. The summed E-state index contributed by atoms with van der Waals surface area (Å²) in [6, 6.07) is 13.6. The van der Waals surface area contributed by atoms with Crippen LogP contribution in [-0.2, 0) is 9.53 Å². The van der Waals surface area contributed by atoms with Crippen LogP contribution in [0, 0.1) is 0 Å². The maximum absolute atomic E-state index is 12.6. The fraction of sp³-hybridized carbons (Fsp3) is 0.286. The Labute approximate surface area is 168 Å². The minimum Gasteiger partial charge on any atom is -0.385 e. The number of aromatic nitrogens is 1. The van der Waals surface area contributed by atoms with E-state index in [1.807, 2.05) is 36.5 Å². The van der Waals surface area contributed by atoms with Crippen LogP contribution in [0.1, 0.15) is 29.9 Å². The van der Waals surface area contributed by atoms with Crippen molar-refractivity contribution in [3.63, 3.8) is 0 Å². The molecule has 0 fully saturated rings. The second kappa shape index (κ2) is 9.27. The molecule has 0 bridgehead atoms. The van der Waals surface area contributed by atoms with Gasteiger partial charge in [0.2, 0.25) is 5.91 Å². The molecular formula is C21H22Cl2N2O2. The molecule has 0 saturated carbocycles. The van der Waals surface area contributed by atoms with Gasteiger partial charge in [0, 0.05) is 49.7 Å². The summed E-state index contributed by atoms with van der Waals surface area (Å²) >= 11 is 12.3. The van der Waals surface area contributed by atoms with Gasteiger partial charge in [0.15, 0.2) is 0 Å². The number of H-pyrrole nitrogens is 1. The number of para-hydroxylation sites is 1. The van der Waals surface area contributed by atoms with Crippen LogP contribution in [0.2, 0.25) is 10.0 Å². The molecule has 27 heavy (non-hydrogen) atoms. The van der Waals surface area contributed by atoms with E-state index in [1.54, 1.807) is 13.2 Å². The lowest BCUT2D eigenvalue weighted by Gasteiger charge is -2.18. The highest BCUT2D eigenvalue weighted by molar-refractivity contribution is 6.42. The molecule has 0 aliphatic rings. The zero-order valence-corrected chi connectivity index (χ0v) is 16.6. The van der Waals surface area contributed by atoms with Gasteiger partial charge in [0.1, 0.15) is 0 Å². The largest absolute Gasteiger partial charge is 0.385 e. The Hall–Kier alpha value is -2.01. The van der Waals surface area contributed by atoms with Gasteiger partial charge in [-0.25, -0.2) is 0 Å². The van der Waals surface area contributed by atoms with Gasteiger partial charge in [-0.3, -0.25) is 4.79 Å². The van der Waals surface area contributed by atoms with Crippen molar-refractivity contribution in [3.8, 4) is 0 Å². The van der Waals surface area contributed by atoms with Gasteiger partial charge in [-0.2, -0.15) is 0 Å². The highest BCUT2D eigenvalue weighted by Gasteiger charge is 2.22. The second-order valence-corrected chi connectivity index (χ2v) is 7.23. The minimum atomic E-state index is -0.127. The van der Waals surface area contributed by atoms with E-state index in [-0.39, 0.29) is 11.8 Å². The number of rotatable bonds is 8. The van der Waals surface area contributed by atoms with Crippen molar-refractivity contribution in [3.05, 3.63) is 69.8 Å². The van der Waals surface area contributed by atoms with Crippen molar-refractivity contribution in [2.45, 2.75) is 18.8 Å². The smallest absolute Gasteiger partial charge is 0.220 e. The first kappa shape index (κ1) is 19.7. The average Bonchev–Trinajstić information content (AvgIpc) is 3.09. The quantitative estimate of drug-likeness (QED) is 0.510. The third-order valence-corrected chi connectivity index (χ3v) is 5.32. The fourth-order valence-electron chi connectivity index (χ4n) is 3.22. The van der Waals surface area contributed by atoms with Crippen LogP contribution in [0.5, 0.6) is 0 Å². The predicted octanol–water partition coefficient (Wildman–Crippen LogP) is 5.15. The number of hydrogen-bond donors (Lipinski definition) is 2. The lowest BCUT2D eigenvalue weighted by atomic mass is 9.88. The molecule has 3 rings (SSSR count). The molecule has 0 unspecified atom stereocenters. The molecule has 142 valence electrons. The van der Waals surface area contributed by atoms with Crippen LogP contribution in [-0.4, -0.2) is 31.2 Å². The molecule has 3 aromatic rings. The lowest BCUT2D eigenvalue weighted by Crippen LogP contribution is -2.27. The Morgan fingerprint density at radius 3 is 2.78 bits per heavy atom. The van der Waals surface area contributed by atoms with Crippen LogP contribution < -0.4 is 5.32 Å². The standard InChI is InChI=1S/C21H22Cl2N2O2/c1-27-10-4-9-24-21(26)12-16(14-7-8-18(22)19(23)11-14)17-13-25-20-6-3-2-5-15(17)20/h2-3,5-8,11,13,16,25H,4,9-10,12H2,1H3,(H,24,26)/t16-/m1/s1. The van der Waals surface area contributed by atoms with Crippen molar-refractivity contribution in [2.24, 2.45) is 0 Å². The van der Waals surface area contributed by atoms with Gasteiger partial charge < -0.3 is 15.0 Å². The first-order valence-electron chi connectivity index (χ1n) is 8.86. The van der Waals surface area contributed by atoms with Gasteiger partial charge in [-0.05, 0) is 35.7 Å². The molecule has 0 aliphatic heterocycles. The van der Waals surface area contributed by atoms with Crippen LogP contribution in [0.4, 0.5) is 0 Å². The van der Waals surface area contributed by atoms with Gasteiger partial charge in [-0.15, -0.1) is 0 Å². The summed E-state index contributed by atoms with van der Waals surface area (Å²) in [5.74, 6) is -0.134. The number of aromatic amines is 1. The summed E-state index contributed by atoms with van der Waals surface area (Å²) in [5.41, 5.74) is 3.07. The van der Waals surface area contributed by atoms with Crippen LogP contribution in [0.25, 0.3) is 10.9 Å². The van der Waals surface area contributed by atoms with E-state index in [2.05, 4.69) is 16.4 Å². The molecule has 0 radical (unpaired) electrons. The number of carbonyl (C=O) groups excluding carboxylic acids is 1. The lowest BCUT2D eigenvalue weighted by molar-refractivity contribution is -0.121. The molecular weight excluding hydrogens is 383 g/mol. The molecule has 1 amide bonds. The Balaban J connectivity index is 1.89. The van der Waals surface area contributed by atoms with Crippen LogP contribution >= 0.6 is 23.2 Å². The third kappa shape index (κ3) is 4.83. The molecule has 0 saturated heterocycles. The van der Waals surface area contributed by atoms with Gasteiger partial charge in [0.05, 0.1) is 10.0 Å². The number of ether oxygens (including phenoxy) is 1. The molecule has 0 spiro atoms. The number of nitrogens with one attached hydrogen (secondary N) is 2. The summed E-state index contributed by atoms with van der Waals surface area (Å²) in [7, 11) is 1.65. The molecule has 0 aliphatic carbocycles. The number of halogens is 2. The van der Waals surface area contributed by atoms with Crippen LogP contribution in [0.3, 0.4) is 0 Å². The van der Waals surface area contributed by atoms with Crippen molar-refractivity contribution in [1.82, 2.24) is 10.3 Å². The number of hydrogen-bond acceptors (Lipinski definition) is 2. The first-order chi connectivity index (χ1) is 13.1. The predicted molar refractivity (Wildman–Crippen MR) is 111 cm³/mol. The highest BCUT2D eigenvalue weighted by Crippen LogP contribution is 2.35. The summed E-state index contributed by atoms with van der Waals surface area (Å²) in [6.07, 6.45) is 3.08. The summed E-state index contributed by atoms with van der Waals surface area (Å²) in [5, 5.41) is 5.05. The maximum Gasteiger partial charge on any atom is 0.220 e. The van der Waals surface area contributed by atoms with E-state index >= 15 is 0 Å². The third-order valence-electron chi connectivity index (χ3n) is 4.58. The van der Waals surface area contributed by atoms with Crippen molar-refractivity contribution >= 4 is 40.0 Å². The normalized spacial score (nSPS) is 12.3. The number of amides is 1. The molecule has 2 aromatic carbocycles. The van der Waals surface area contributed by atoms with Gasteiger partial charge in [-0.1, -0.05) is 47.5 Å². The SMILES string of the molecule is COCCCNC(=O)C[C@H](c1ccc(Cl)c(Cl)c1)c1c[nH]c2ccccc12. The minimum absolute atomic E-state index is 0.00698. The number of fused-ring (bicyclic) bond motifs is 1. The summed E-state index contributed by atoms with van der Waals surface area (Å²) in [4.78, 5) is 15.8. The highest BCUT2D eigenvalue weighted by atomic mass is 35.5. The van der Waals surface area contributed by atoms with E-state index in [0.29, 0.717) is 29.6 Å². The van der Waals surface area contributed by atoms with E-state index in [1.165, 1.54) is 0 Å². The topological polar surface area (TPSA) is 54.1 Å². The number of benzene rings is 2. The van der Waals surface area contributed by atoms with Crippen molar-refractivity contribution in [2.75, 3.05) is 20.3 Å². The zero-order valence-electron chi connectivity index (χ0n) is 15.1. The fourth-order valence-corrected chi connectivity index (χ4v) is 3.53. The van der Waals surface area contributed by atoms with E-state index < -0.39 is 0 Å². The summed E-state index contributed by atoms with van der Waals surface area (Å²) < 4.78 is 5.02. The Morgan fingerprint density at radius 2 is 2.00 bits per heavy atom. The number of methoxy groups -OCH3 is 1. The molecule has 2 N–H and O–H groups in total. The number of carbonyl (C=O) groups is 1. The monoisotopic (exact) mass is 404 g/mol. The molecule has 4 nitrogen and oxygen atoms in total. The van der Waals surface area contributed by atoms with E-state index in [0.717, 1.165) is 28.5 Å². The maximum atomic E-state index is 12.6. The van der Waals surface area contributed by atoms with Gasteiger partial charge in [0.25, 0.3) is 0 Å². The van der Waals surface area contributed by atoms with Crippen LogP contribution in [0.15, 0.2) is 48.7 Å². The average molecular weight is 405 g/mol. The second-order valence-electron chi connectivity index (χ2n) is 6.42. The van der Waals surface area contributed by atoms with Crippen molar-refractivity contribution in [1.29, 1.82) is 0 Å². The zero-order chi connectivity index (χ0) is 19.2. The Bertz CT molecular complexity index is 923. The molecule has 1 aromatic heterocycles. The van der Waals surface area contributed by atoms with E-state index in [4.69, 9.17) is 27.9 Å². The molecule has 6 heteroatoms. The Kier molecular flexibility index (Phi) is 6.78. The summed E-state index contributed by atoms with van der Waals surface area (Å²) in [6.45, 7) is 1.22. The van der Waals surface area contributed by atoms with E-state index in [9.17, 15) is 4.79 Å². The Morgan fingerprint density at radius 1 is 1.19 bits per heavy atom. The molecule has 1 atom stereocenters.